The van der Waals surface area contributed by atoms with E-state index in [1.165, 1.54) is 39.1 Å². The maximum Gasteiger partial charge on any atom is 0.494 e. The fraction of sp³-hybridized carbons (Fsp3) is 0.231. The summed E-state index contributed by atoms with van der Waals surface area (Å²) in [4.78, 5) is 2.40. The van der Waals surface area contributed by atoms with Gasteiger partial charge in [0.05, 0.1) is 28.0 Å². The van der Waals surface area contributed by atoms with E-state index in [9.17, 15) is 0 Å². The van der Waals surface area contributed by atoms with Crippen molar-refractivity contribution in [2.45, 2.75) is 58.2 Å². The zero-order valence-corrected chi connectivity index (χ0v) is 25.9. The van der Waals surface area contributed by atoms with Gasteiger partial charge in [-0.05, 0) is 93.5 Å². The van der Waals surface area contributed by atoms with E-state index in [2.05, 4.69) is 168 Å². The molecular formula is C39H38BNO2. The fourth-order valence-electron chi connectivity index (χ4n) is 6.69. The number of aryl methyl sites for hydroxylation is 2. The third kappa shape index (κ3) is 4.27. The molecule has 3 nitrogen and oxygen atoms in total. The molecule has 0 atom stereocenters. The molecule has 2 aliphatic rings. The summed E-state index contributed by atoms with van der Waals surface area (Å²) in [6.45, 7) is 12.8. The highest BCUT2D eigenvalue weighted by molar-refractivity contribution is 6.62. The molecule has 0 N–H and O–H groups in total. The van der Waals surface area contributed by atoms with E-state index in [0.717, 1.165) is 16.8 Å². The van der Waals surface area contributed by atoms with E-state index in [0.29, 0.717) is 0 Å². The molecule has 0 unspecified atom stereocenters. The molecule has 43 heavy (non-hydrogen) atoms. The Balaban J connectivity index is 1.58. The normalized spacial score (nSPS) is 17.8. The van der Waals surface area contributed by atoms with Crippen molar-refractivity contribution in [1.29, 1.82) is 0 Å². The van der Waals surface area contributed by atoms with Crippen molar-refractivity contribution in [3.8, 4) is 0 Å². The molecule has 1 saturated heterocycles. The van der Waals surface area contributed by atoms with E-state index in [1.54, 1.807) is 0 Å². The molecule has 0 spiro atoms. The largest absolute Gasteiger partial charge is 0.494 e. The number of fused-ring (bicyclic) bond motifs is 2. The Hall–Kier alpha value is -4.12. The van der Waals surface area contributed by atoms with Crippen LogP contribution in [0, 0.1) is 13.8 Å². The van der Waals surface area contributed by atoms with Crippen molar-refractivity contribution in [2.24, 2.45) is 0 Å². The molecule has 2 heterocycles. The topological polar surface area (TPSA) is 21.7 Å². The van der Waals surface area contributed by atoms with Crippen molar-refractivity contribution in [1.82, 2.24) is 0 Å². The summed E-state index contributed by atoms with van der Waals surface area (Å²) in [5, 5.41) is 0. The van der Waals surface area contributed by atoms with Crippen LogP contribution in [0.15, 0.2) is 121 Å². The molecule has 0 aromatic heterocycles. The van der Waals surface area contributed by atoms with Gasteiger partial charge in [-0.2, -0.15) is 0 Å². The Morgan fingerprint density at radius 3 is 1.63 bits per heavy atom. The smallest absolute Gasteiger partial charge is 0.399 e. The lowest BCUT2D eigenvalue weighted by Gasteiger charge is -2.46. The van der Waals surface area contributed by atoms with Crippen LogP contribution in [0.3, 0.4) is 0 Å². The van der Waals surface area contributed by atoms with E-state index in [1.807, 2.05) is 0 Å². The lowest BCUT2D eigenvalue weighted by molar-refractivity contribution is 0.00578. The third-order valence-corrected chi connectivity index (χ3v) is 9.72. The van der Waals surface area contributed by atoms with Gasteiger partial charge < -0.3 is 14.2 Å². The molecular weight excluding hydrogens is 525 g/mol. The molecule has 7 rings (SSSR count). The minimum atomic E-state index is -0.571. The van der Waals surface area contributed by atoms with Crippen LogP contribution in [0.5, 0.6) is 0 Å². The Bertz CT molecular complexity index is 1730. The number of para-hydroxylation sites is 2. The number of hydrogen-bond acceptors (Lipinski definition) is 3. The van der Waals surface area contributed by atoms with E-state index >= 15 is 0 Å². The minimum Gasteiger partial charge on any atom is -0.399 e. The van der Waals surface area contributed by atoms with Crippen molar-refractivity contribution in [2.75, 3.05) is 4.90 Å². The Morgan fingerprint density at radius 1 is 0.535 bits per heavy atom. The van der Waals surface area contributed by atoms with Gasteiger partial charge in [0.1, 0.15) is 0 Å². The molecule has 0 aliphatic carbocycles. The first-order valence-corrected chi connectivity index (χ1v) is 15.2. The second kappa shape index (κ2) is 9.97. The van der Waals surface area contributed by atoms with Gasteiger partial charge in [0.25, 0.3) is 0 Å². The second-order valence-corrected chi connectivity index (χ2v) is 13.0. The first-order valence-electron chi connectivity index (χ1n) is 15.2. The second-order valence-electron chi connectivity index (χ2n) is 13.0. The van der Waals surface area contributed by atoms with Gasteiger partial charge in [-0.3, -0.25) is 0 Å². The summed E-state index contributed by atoms with van der Waals surface area (Å²) in [6, 6.07) is 44.4. The van der Waals surface area contributed by atoms with E-state index in [4.69, 9.17) is 9.31 Å². The van der Waals surface area contributed by atoms with Crippen LogP contribution in [0.2, 0.25) is 0 Å². The number of benzene rings is 5. The Morgan fingerprint density at radius 2 is 1.05 bits per heavy atom. The summed E-state index contributed by atoms with van der Waals surface area (Å²) in [5.74, 6) is 0. The van der Waals surface area contributed by atoms with E-state index < -0.39 is 23.7 Å². The fourth-order valence-corrected chi connectivity index (χ4v) is 6.69. The summed E-state index contributed by atoms with van der Waals surface area (Å²) in [5.41, 5.74) is 10.4. The third-order valence-electron chi connectivity index (χ3n) is 9.72. The number of nitrogens with zero attached hydrogens (tertiary/aromatic N) is 1. The molecule has 2 aliphatic heterocycles. The predicted octanol–water partition coefficient (Wildman–Crippen LogP) is 8.77. The Labute approximate surface area is 256 Å². The Kier molecular flexibility index (Phi) is 6.43. The van der Waals surface area contributed by atoms with E-state index in [-0.39, 0.29) is 0 Å². The molecule has 0 bridgehead atoms. The maximum atomic E-state index is 6.60. The summed E-state index contributed by atoms with van der Waals surface area (Å²) in [7, 11) is -0.466. The average Bonchev–Trinajstić information content (AvgIpc) is 3.23. The first-order chi connectivity index (χ1) is 20.6. The van der Waals surface area contributed by atoms with Gasteiger partial charge in [0.2, 0.25) is 0 Å². The van der Waals surface area contributed by atoms with Crippen LogP contribution in [0.4, 0.5) is 17.1 Å². The van der Waals surface area contributed by atoms with Crippen molar-refractivity contribution in [3.05, 3.63) is 155 Å². The molecule has 214 valence electrons. The SMILES string of the molecule is Cc1ccc(C2(c3ccc(C)cc3)c3ccccc3N(c3ccccc3)c3ccc(B4OC(C)(C)C(C)(C)O4)cc32)cc1. The van der Waals surface area contributed by atoms with Crippen LogP contribution in [0.25, 0.3) is 0 Å². The monoisotopic (exact) mass is 563 g/mol. The molecule has 1 fully saturated rings. The lowest BCUT2D eigenvalue weighted by Crippen LogP contribution is -2.41. The number of anilines is 3. The zero-order valence-electron chi connectivity index (χ0n) is 25.9. The van der Waals surface area contributed by atoms with Crippen molar-refractivity contribution < 1.29 is 9.31 Å². The van der Waals surface area contributed by atoms with Gasteiger partial charge in [0, 0.05) is 5.69 Å². The highest BCUT2D eigenvalue weighted by Gasteiger charge is 2.53. The van der Waals surface area contributed by atoms with Crippen LogP contribution >= 0.6 is 0 Å². The number of hydrogen-bond donors (Lipinski definition) is 0. The molecule has 0 radical (unpaired) electrons. The summed E-state index contributed by atoms with van der Waals surface area (Å²) >= 11 is 0. The predicted molar refractivity (Wildman–Crippen MR) is 178 cm³/mol. The molecule has 0 saturated carbocycles. The van der Waals surface area contributed by atoms with Crippen molar-refractivity contribution >= 4 is 29.6 Å². The van der Waals surface area contributed by atoms with Crippen LogP contribution in [-0.4, -0.2) is 18.3 Å². The molecule has 5 aromatic carbocycles. The number of rotatable bonds is 4. The zero-order chi connectivity index (χ0) is 30.0. The van der Waals surface area contributed by atoms with Crippen LogP contribution in [0.1, 0.15) is 61.1 Å². The van der Waals surface area contributed by atoms with Gasteiger partial charge in [-0.25, -0.2) is 0 Å². The van der Waals surface area contributed by atoms with Crippen molar-refractivity contribution in [3.63, 3.8) is 0 Å². The first kappa shape index (κ1) is 27.7. The summed E-state index contributed by atoms with van der Waals surface area (Å²) in [6.07, 6.45) is 0. The minimum absolute atomic E-state index is 0.429. The van der Waals surface area contributed by atoms with Gasteiger partial charge in [0.15, 0.2) is 0 Å². The van der Waals surface area contributed by atoms with Crippen LogP contribution < -0.4 is 10.4 Å². The molecule has 0 amide bonds. The average molecular weight is 564 g/mol. The molecule has 5 aromatic rings. The highest BCUT2D eigenvalue weighted by atomic mass is 16.7. The standard InChI is InChI=1S/C39H38BNO2/c1-27-16-20-29(21-17-27)39(30-22-18-28(2)19-23-30)33-14-10-11-15-35(33)41(32-12-8-7-9-13-32)36-25-24-31(26-34(36)39)40-42-37(3,4)38(5,6)43-40/h7-26H,1-6H3. The lowest BCUT2D eigenvalue weighted by atomic mass is 9.61. The van der Waals surface area contributed by atoms with Gasteiger partial charge in [-0.15, -0.1) is 0 Å². The van der Waals surface area contributed by atoms with Crippen LogP contribution in [-0.2, 0) is 14.7 Å². The quantitative estimate of drug-likeness (QED) is 0.200. The summed E-state index contributed by atoms with van der Waals surface area (Å²) < 4.78 is 13.2. The van der Waals surface area contributed by atoms with Gasteiger partial charge >= 0.3 is 7.12 Å². The highest BCUT2D eigenvalue weighted by Crippen LogP contribution is 2.57. The molecule has 4 heteroatoms. The maximum absolute atomic E-state index is 6.60. The van der Waals surface area contributed by atoms with Gasteiger partial charge in [-0.1, -0.05) is 108 Å².